The van der Waals surface area contributed by atoms with Crippen LogP contribution in [0.1, 0.15) is 0 Å². The van der Waals surface area contributed by atoms with Gasteiger partial charge in [0.15, 0.2) is 0 Å². The van der Waals surface area contributed by atoms with Gasteiger partial charge in [0.25, 0.3) is 11.5 Å². The molecule has 1 amide bonds. The summed E-state index contributed by atoms with van der Waals surface area (Å²) in [5.41, 5.74) is 4.44. The van der Waals surface area contributed by atoms with Crippen LogP contribution in [0.5, 0.6) is 0 Å². The van der Waals surface area contributed by atoms with Gasteiger partial charge in [-0.2, -0.15) is 0 Å². The third-order valence-corrected chi connectivity index (χ3v) is 2.57. The van der Waals surface area contributed by atoms with Crippen LogP contribution in [-0.4, -0.2) is 29.5 Å². The quantitative estimate of drug-likeness (QED) is 0.813. The van der Waals surface area contributed by atoms with Crippen LogP contribution in [0.25, 0.3) is 0 Å². The lowest BCUT2D eigenvalue weighted by Crippen LogP contribution is -2.43. The van der Waals surface area contributed by atoms with Gasteiger partial charge in [-0.05, 0) is 22.0 Å². The third kappa shape index (κ3) is 6.13. The number of aromatic nitrogens is 1. The van der Waals surface area contributed by atoms with Gasteiger partial charge in [0.1, 0.15) is 6.54 Å². The molecule has 0 unspecified atom stereocenters. The number of pyridine rings is 1. The molecule has 0 aliphatic rings. The first kappa shape index (κ1) is 18.0. The minimum atomic E-state index is -3.14. The summed E-state index contributed by atoms with van der Waals surface area (Å²) in [7, 11) is 0. The standard InChI is InChI=1S/C10H12BrF2N3O2.ClH/c11-7-1-2-9(18)16(3-7)4-8(17)15-6-10(12,13)5-14;/h1-3H,4-6,14H2,(H,15,17);1H. The molecule has 0 aliphatic heterocycles. The minimum absolute atomic E-state index is 0. The van der Waals surface area contributed by atoms with Crippen LogP contribution < -0.4 is 16.6 Å². The van der Waals surface area contributed by atoms with Crippen molar-refractivity contribution in [2.45, 2.75) is 12.5 Å². The molecule has 0 aliphatic carbocycles. The summed E-state index contributed by atoms with van der Waals surface area (Å²) in [5.74, 6) is -3.82. The molecule has 5 nitrogen and oxygen atoms in total. The van der Waals surface area contributed by atoms with Crippen molar-refractivity contribution in [2.24, 2.45) is 5.73 Å². The first-order valence-electron chi connectivity index (χ1n) is 5.05. The lowest BCUT2D eigenvalue weighted by Gasteiger charge is -2.14. The molecule has 0 fully saturated rings. The number of nitrogens with zero attached hydrogens (tertiary/aromatic N) is 1. The summed E-state index contributed by atoms with van der Waals surface area (Å²) in [6.45, 7) is -2.01. The third-order valence-electron chi connectivity index (χ3n) is 2.10. The number of amides is 1. The minimum Gasteiger partial charge on any atom is -0.348 e. The van der Waals surface area contributed by atoms with E-state index in [1.54, 1.807) is 0 Å². The lowest BCUT2D eigenvalue weighted by molar-refractivity contribution is -0.123. The zero-order valence-electron chi connectivity index (χ0n) is 9.74. The van der Waals surface area contributed by atoms with E-state index < -0.39 is 24.9 Å². The van der Waals surface area contributed by atoms with Crippen LogP contribution in [0, 0.1) is 0 Å². The lowest BCUT2D eigenvalue weighted by atomic mass is 10.3. The topological polar surface area (TPSA) is 77.1 Å². The highest BCUT2D eigenvalue weighted by Crippen LogP contribution is 2.08. The van der Waals surface area contributed by atoms with E-state index in [2.05, 4.69) is 15.9 Å². The van der Waals surface area contributed by atoms with E-state index in [0.717, 1.165) is 4.57 Å². The fourth-order valence-electron chi connectivity index (χ4n) is 1.14. The molecule has 0 spiro atoms. The van der Waals surface area contributed by atoms with Crippen LogP contribution in [0.15, 0.2) is 27.6 Å². The number of nitrogens with one attached hydrogen (secondary N) is 1. The Labute approximate surface area is 122 Å². The Kier molecular flexibility index (Phi) is 7.17. The Balaban J connectivity index is 0.00000324. The Hall–Kier alpha value is -0.990. The second-order valence-electron chi connectivity index (χ2n) is 3.65. The number of carbonyl (C=O) groups is 1. The molecule has 0 saturated heterocycles. The Morgan fingerprint density at radius 3 is 2.68 bits per heavy atom. The number of hydrogen-bond acceptors (Lipinski definition) is 3. The summed E-state index contributed by atoms with van der Waals surface area (Å²) in [5, 5.41) is 2.03. The normalized spacial score (nSPS) is 10.7. The van der Waals surface area contributed by atoms with E-state index in [1.165, 1.54) is 18.3 Å². The first-order valence-corrected chi connectivity index (χ1v) is 5.84. The van der Waals surface area contributed by atoms with Crippen LogP contribution in [-0.2, 0) is 11.3 Å². The van der Waals surface area contributed by atoms with Gasteiger partial charge in [0.2, 0.25) is 5.91 Å². The maximum absolute atomic E-state index is 12.8. The molecule has 0 bridgehead atoms. The number of rotatable bonds is 5. The second kappa shape index (κ2) is 7.56. The number of hydrogen-bond donors (Lipinski definition) is 2. The number of alkyl halides is 2. The maximum Gasteiger partial charge on any atom is 0.277 e. The van der Waals surface area contributed by atoms with Crippen molar-refractivity contribution in [1.82, 2.24) is 9.88 Å². The molecular weight excluding hydrogens is 347 g/mol. The molecule has 1 heterocycles. The fraction of sp³-hybridized carbons (Fsp3) is 0.400. The van der Waals surface area contributed by atoms with Gasteiger partial charge < -0.3 is 15.6 Å². The zero-order chi connectivity index (χ0) is 13.8. The first-order chi connectivity index (χ1) is 8.34. The highest BCUT2D eigenvalue weighted by Gasteiger charge is 2.27. The molecule has 0 aromatic carbocycles. The van der Waals surface area contributed by atoms with Crippen LogP contribution >= 0.6 is 28.3 Å². The Morgan fingerprint density at radius 2 is 2.11 bits per heavy atom. The molecule has 1 aromatic heterocycles. The molecule has 1 aromatic rings. The number of carbonyl (C=O) groups excluding carboxylic acids is 1. The smallest absolute Gasteiger partial charge is 0.277 e. The summed E-state index contributed by atoms with van der Waals surface area (Å²) in [6.07, 6.45) is 1.41. The van der Waals surface area contributed by atoms with Crippen LogP contribution in [0.3, 0.4) is 0 Å². The molecule has 0 atom stereocenters. The molecule has 9 heteroatoms. The summed E-state index contributed by atoms with van der Waals surface area (Å²) in [6, 6.07) is 2.80. The maximum atomic E-state index is 12.8. The summed E-state index contributed by atoms with van der Waals surface area (Å²) >= 11 is 3.14. The highest BCUT2D eigenvalue weighted by atomic mass is 79.9. The highest BCUT2D eigenvalue weighted by molar-refractivity contribution is 9.10. The molecule has 1 rings (SSSR count). The molecular formula is C10H13BrClF2N3O2. The second-order valence-corrected chi connectivity index (χ2v) is 4.57. The van der Waals surface area contributed by atoms with E-state index >= 15 is 0 Å². The monoisotopic (exact) mass is 359 g/mol. The van der Waals surface area contributed by atoms with Crippen molar-refractivity contribution < 1.29 is 13.6 Å². The van der Waals surface area contributed by atoms with Crippen LogP contribution in [0.2, 0.25) is 0 Å². The fourth-order valence-corrected chi connectivity index (χ4v) is 1.52. The summed E-state index contributed by atoms with van der Waals surface area (Å²) in [4.78, 5) is 22.7. The molecule has 0 radical (unpaired) electrons. The van der Waals surface area contributed by atoms with Gasteiger partial charge in [-0.3, -0.25) is 9.59 Å². The number of halogens is 4. The van der Waals surface area contributed by atoms with E-state index in [0.29, 0.717) is 4.47 Å². The average Bonchev–Trinajstić information content (AvgIpc) is 2.31. The van der Waals surface area contributed by atoms with Crippen molar-refractivity contribution in [1.29, 1.82) is 0 Å². The van der Waals surface area contributed by atoms with Gasteiger partial charge in [-0.25, -0.2) is 8.78 Å². The Morgan fingerprint density at radius 1 is 1.47 bits per heavy atom. The van der Waals surface area contributed by atoms with Crippen LogP contribution in [0.4, 0.5) is 8.78 Å². The van der Waals surface area contributed by atoms with Crippen molar-refractivity contribution in [3.63, 3.8) is 0 Å². The van der Waals surface area contributed by atoms with Gasteiger partial charge in [-0.15, -0.1) is 12.4 Å². The van der Waals surface area contributed by atoms with Gasteiger partial charge in [0.05, 0.1) is 13.1 Å². The van der Waals surface area contributed by atoms with Crippen molar-refractivity contribution in [3.05, 3.63) is 33.2 Å². The Bertz CT molecular complexity index is 496. The predicted molar refractivity (Wildman–Crippen MR) is 72.7 cm³/mol. The molecule has 3 N–H and O–H groups in total. The van der Waals surface area contributed by atoms with Gasteiger partial charge >= 0.3 is 0 Å². The number of nitrogens with two attached hydrogens (primary N) is 1. The van der Waals surface area contributed by atoms with Gasteiger partial charge in [0, 0.05) is 16.7 Å². The van der Waals surface area contributed by atoms with E-state index in [4.69, 9.17) is 5.73 Å². The molecule has 0 saturated carbocycles. The SMILES string of the molecule is Cl.NCC(F)(F)CNC(=O)Cn1cc(Br)ccc1=O. The van der Waals surface area contributed by atoms with Crippen molar-refractivity contribution >= 4 is 34.2 Å². The van der Waals surface area contributed by atoms with E-state index in [1.807, 2.05) is 5.32 Å². The summed E-state index contributed by atoms with van der Waals surface area (Å²) < 4.78 is 27.3. The van der Waals surface area contributed by atoms with E-state index in [9.17, 15) is 18.4 Å². The average molecular weight is 361 g/mol. The largest absolute Gasteiger partial charge is 0.348 e. The zero-order valence-corrected chi connectivity index (χ0v) is 12.1. The van der Waals surface area contributed by atoms with Crippen molar-refractivity contribution in [3.8, 4) is 0 Å². The van der Waals surface area contributed by atoms with Crippen molar-refractivity contribution in [2.75, 3.05) is 13.1 Å². The van der Waals surface area contributed by atoms with E-state index in [-0.39, 0.29) is 24.5 Å². The molecule has 108 valence electrons. The predicted octanol–water partition coefficient (Wildman–Crippen LogP) is 0.743. The molecule has 19 heavy (non-hydrogen) atoms. The van der Waals surface area contributed by atoms with Gasteiger partial charge in [-0.1, -0.05) is 0 Å².